The predicted octanol–water partition coefficient (Wildman–Crippen LogP) is 2.74. The van der Waals surface area contributed by atoms with E-state index in [-0.39, 0.29) is 16.3 Å². The van der Waals surface area contributed by atoms with Crippen molar-refractivity contribution in [3.63, 3.8) is 0 Å². The molecule has 0 spiro atoms. The number of halogens is 2. The van der Waals surface area contributed by atoms with Crippen molar-refractivity contribution < 1.29 is 28.2 Å². The number of hydrogen-bond acceptors (Lipinski definition) is 4. The molecule has 1 aromatic carbocycles. The Morgan fingerprint density at radius 2 is 2.00 bits per heavy atom. The van der Waals surface area contributed by atoms with Gasteiger partial charge in [0.15, 0.2) is 23.1 Å². The summed E-state index contributed by atoms with van der Waals surface area (Å²) in [5.74, 6) is -3.80. The highest BCUT2D eigenvalue weighted by Gasteiger charge is 2.14. The van der Waals surface area contributed by atoms with Gasteiger partial charge in [-0.1, -0.05) is 0 Å². The molecule has 1 heterocycles. The number of carbonyl (C=O) groups is 2. The Kier molecular flexibility index (Phi) is 4.49. The van der Waals surface area contributed by atoms with Gasteiger partial charge in [-0.15, -0.1) is 11.3 Å². The second kappa shape index (κ2) is 6.31. The molecule has 2 N–H and O–H groups in total. The van der Waals surface area contributed by atoms with Gasteiger partial charge in [-0.25, -0.2) is 13.6 Å². The number of carboxylic acid groups (broad SMARTS) is 1. The molecule has 8 heteroatoms. The molecule has 0 unspecified atom stereocenters. The van der Waals surface area contributed by atoms with Gasteiger partial charge in [0.1, 0.15) is 5.75 Å². The summed E-state index contributed by atoms with van der Waals surface area (Å²) in [6.07, 6.45) is 0. The van der Waals surface area contributed by atoms with E-state index in [0.29, 0.717) is 0 Å². The molecule has 21 heavy (non-hydrogen) atoms. The third-order valence-corrected chi connectivity index (χ3v) is 3.27. The van der Waals surface area contributed by atoms with Crippen LogP contribution in [-0.4, -0.2) is 23.6 Å². The fourth-order valence-corrected chi connectivity index (χ4v) is 2.15. The van der Waals surface area contributed by atoms with E-state index in [4.69, 9.17) is 9.84 Å². The van der Waals surface area contributed by atoms with Crippen LogP contribution in [0, 0.1) is 11.6 Å². The van der Waals surface area contributed by atoms with Gasteiger partial charge in [-0.3, -0.25) is 4.79 Å². The van der Waals surface area contributed by atoms with E-state index >= 15 is 0 Å². The first-order chi connectivity index (χ1) is 9.97. The van der Waals surface area contributed by atoms with E-state index in [1.54, 1.807) is 0 Å². The zero-order valence-corrected chi connectivity index (χ0v) is 11.2. The second-order valence-corrected chi connectivity index (χ2v) is 4.80. The van der Waals surface area contributed by atoms with Crippen molar-refractivity contribution in [2.24, 2.45) is 0 Å². The topological polar surface area (TPSA) is 75.6 Å². The number of hydrogen-bond donors (Lipinski definition) is 2. The monoisotopic (exact) mass is 313 g/mol. The van der Waals surface area contributed by atoms with Crippen LogP contribution in [0.25, 0.3) is 0 Å². The number of amides is 1. The highest BCUT2D eigenvalue weighted by Crippen LogP contribution is 2.24. The van der Waals surface area contributed by atoms with Crippen LogP contribution in [-0.2, 0) is 4.79 Å². The maximum absolute atomic E-state index is 13.0. The van der Waals surface area contributed by atoms with E-state index in [2.05, 4.69) is 5.32 Å². The number of nitrogens with one attached hydrogen (secondary N) is 1. The van der Waals surface area contributed by atoms with Crippen LogP contribution in [0.5, 0.6) is 5.75 Å². The van der Waals surface area contributed by atoms with Crippen molar-refractivity contribution in [1.82, 2.24) is 0 Å². The van der Waals surface area contributed by atoms with Crippen molar-refractivity contribution >= 4 is 28.9 Å². The van der Waals surface area contributed by atoms with Gasteiger partial charge in [0, 0.05) is 11.8 Å². The number of anilines is 1. The molecule has 0 radical (unpaired) electrons. The van der Waals surface area contributed by atoms with Gasteiger partial charge >= 0.3 is 5.97 Å². The number of carbonyl (C=O) groups excluding carboxylic acids is 1. The number of aromatic carboxylic acids is 1. The summed E-state index contributed by atoms with van der Waals surface area (Å²) < 4.78 is 30.8. The lowest BCUT2D eigenvalue weighted by Gasteiger charge is -2.07. The van der Waals surface area contributed by atoms with Gasteiger partial charge in [0.2, 0.25) is 0 Å². The molecule has 0 aliphatic carbocycles. The molecule has 0 aliphatic heterocycles. The van der Waals surface area contributed by atoms with Crippen LogP contribution in [0.3, 0.4) is 0 Å². The van der Waals surface area contributed by atoms with E-state index < -0.39 is 30.1 Å². The summed E-state index contributed by atoms with van der Waals surface area (Å²) in [7, 11) is 0. The molecule has 0 fully saturated rings. The van der Waals surface area contributed by atoms with Crippen LogP contribution >= 0.6 is 11.3 Å². The van der Waals surface area contributed by atoms with Crippen LogP contribution in [0.2, 0.25) is 0 Å². The Morgan fingerprint density at radius 1 is 1.24 bits per heavy atom. The smallest absolute Gasteiger partial charge is 0.349 e. The lowest BCUT2D eigenvalue weighted by atomic mass is 10.3. The average molecular weight is 313 g/mol. The minimum absolute atomic E-state index is 0.0179. The highest BCUT2D eigenvalue weighted by atomic mass is 32.1. The highest BCUT2D eigenvalue weighted by molar-refractivity contribution is 7.12. The molecule has 0 bridgehead atoms. The van der Waals surface area contributed by atoms with Crippen LogP contribution < -0.4 is 10.1 Å². The van der Waals surface area contributed by atoms with Crippen molar-refractivity contribution in [2.45, 2.75) is 0 Å². The minimum Gasteiger partial charge on any atom is -0.482 e. The van der Waals surface area contributed by atoms with E-state index in [1.807, 2.05) is 0 Å². The Hall–Kier alpha value is -2.48. The molecule has 1 aromatic heterocycles. The lowest BCUT2D eigenvalue weighted by Crippen LogP contribution is -2.20. The first-order valence-electron chi connectivity index (χ1n) is 5.66. The summed E-state index contributed by atoms with van der Waals surface area (Å²) in [6, 6.07) is 4.34. The third kappa shape index (κ3) is 3.76. The van der Waals surface area contributed by atoms with Gasteiger partial charge in [-0.05, 0) is 23.6 Å². The van der Waals surface area contributed by atoms with Crippen molar-refractivity contribution in [3.8, 4) is 5.75 Å². The maximum atomic E-state index is 13.0. The van der Waals surface area contributed by atoms with Crippen LogP contribution in [0.4, 0.5) is 14.5 Å². The molecule has 110 valence electrons. The first-order valence-corrected chi connectivity index (χ1v) is 6.54. The molecule has 2 aromatic rings. The maximum Gasteiger partial charge on any atom is 0.349 e. The van der Waals surface area contributed by atoms with Gasteiger partial charge in [-0.2, -0.15) is 0 Å². The zero-order valence-electron chi connectivity index (χ0n) is 10.4. The van der Waals surface area contributed by atoms with Crippen LogP contribution in [0.1, 0.15) is 9.67 Å². The Bertz CT molecular complexity index is 687. The molecule has 5 nitrogen and oxygen atoms in total. The summed E-state index contributed by atoms with van der Waals surface area (Å²) in [5, 5.41) is 12.7. The van der Waals surface area contributed by atoms with Crippen molar-refractivity contribution in [2.75, 3.05) is 11.9 Å². The molecule has 2 rings (SSSR count). The number of rotatable bonds is 5. The Balaban J connectivity index is 1.94. The number of carboxylic acids is 1. The second-order valence-electron chi connectivity index (χ2n) is 3.88. The molecule has 1 amide bonds. The summed E-state index contributed by atoms with van der Waals surface area (Å²) in [4.78, 5) is 22.4. The normalized spacial score (nSPS) is 10.2. The quantitative estimate of drug-likeness (QED) is 0.890. The first kappa shape index (κ1) is 14.9. The minimum atomic E-state index is -1.15. The number of ether oxygens (including phenoxy) is 1. The number of thiophene rings is 1. The van der Waals surface area contributed by atoms with Gasteiger partial charge in [0.25, 0.3) is 5.91 Å². The average Bonchev–Trinajstić information content (AvgIpc) is 2.89. The summed E-state index contributed by atoms with van der Waals surface area (Å²) in [5.41, 5.74) is 0.0753. The standard InChI is InChI=1S/C13H9F2NO4S/c14-8-2-1-7(5-9(8)15)16-11(17)6-20-10-3-4-21-12(10)13(18)19/h1-5H,6H2,(H,16,17)(H,18,19). The Morgan fingerprint density at radius 3 is 2.67 bits per heavy atom. The van der Waals surface area contributed by atoms with Crippen LogP contribution in [0.15, 0.2) is 29.6 Å². The molecule has 0 saturated carbocycles. The van der Waals surface area contributed by atoms with E-state index in [9.17, 15) is 18.4 Å². The fraction of sp³-hybridized carbons (Fsp3) is 0.0769. The Labute approximate surface area is 121 Å². The van der Waals surface area contributed by atoms with Gasteiger partial charge in [0.05, 0.1) is 0 Å². The molecular formula is C13H9F2NO4S. The van der Waals surface area contributed by atoms with Gasteiger partial charge < -0.3 is 15.2 Å². The third-order valence-electron chi connectivity index (χ3n) is 2.39. The molecule has 0 aliphatic rings. The van der Waals surface area contributed by atoms with E-state index in [0.717, 1.165) is 23.5 Å². The largest absolute Gasteiger partial charge is 0.482 e. The molecule has 0 atom stereocenters. The van der Waals surface area contributed by atoms with Crippen molar-refractivity contribution in [3.05, 3.63) is 46.2 Å². The zero-order chi connectivity index (χ0) is 15.4. The van der Waals surface area contributed by atoms with E-state index in [1.165, 1.54) is 17.5 Å². The lowest BCUT2D eigenvalue weighted by molar-refractivity contribution is -0.118. The summed E-state index contributed by atoms with van der Waals surface area (Å²) in [6.45, 7) is -0.448. The number of benzene rings is 1. The van der Waals surface area contributed by atoms with Crippen molar-refractivity contribution in [1.29, 1.82) is 0 Å². The predicted molar refractivity (Wildman–Crippen MR) is 71.8 cm³/mol. The molecule has 0 saturated heterocycles. The molecular weight excluding hydrogens is 304 g/mol. The summed E-state index contributed by atoms with van der Waals surface area (Å²) >= 11 is 0.969. The SMILES string of the molecule is O=C(COc1ccsc1C(=O)O)Nc1ccc(F)c(F)c1. The fourth-order valence-electron chi connectivity index (χ4n) is 1.48.